The Kier molecular flexibility index (Phi) is 32.1. The summed E-state index contributed by atoms with van der Waals surface area (Å²) in [5.41, 5.74) is 0. The number of carbonyl (C=O) groups is 2. The van der Waals surface area contributed by atoms with Crippen molar-refractivity contribution in [3.8, 4) is 0 Å². The zero-order valence-electron chi connectivity index (χ0n) is 38.8. The summed E-state index contributed by atoms with van der Waals surface area (Å²) in [4.78, 5) is 35.7. The van der Waals surface area contributed by atoms with Crippen molar-refractivity contribution in [3.63, 3.8) is 0 Å². The van der Waals surface area contributed by atoms with Crippen molar-refractivity contribution in [3.05, 3.63) is 60.8 Å². The van der Waals surface area contributed by atoms with Gasteiger partial charge in [0, 0.05) is 12.8 Å². The van der Waals surface area contributed by atoms with Crippen LogP contribution in [0.3, 0.4) is 0 Å². The predicted octanol–water partition coefficient (Wildman–Crippen LogP) is 8.71. The molecule has 2 rings (SSSR count). The number of ether oxygens (including phenoxy) is 3. The molecular formula is C49H83O14P. The molecule has 0 aromatic carbocycles. The highest BCUT2D eigenvalue weighted by Crippen LogP contribution is 2.47. The number of hydrogen-bond acceptors (Lipinski definition) is 13. The normalized spacial score (nSPS) is 25.2. The summed E-state index contributed by atoms with van der Waals surface area (Å²) in [5.74, 6) is -1.20. The molecule has 1 aliphatic heterocycles. The lowest BCUT2D eigenvalue weighted by molar-refractivity contribution is -0.220. The van der Waals surface area contributed by atoms with Gasteiger partial charge >= 0.3 is 19.8 Å². The highest BCUT2D eigenvalue weighted by Gasteiger charge is 2.51. The van der Waals surface area contributed by atoms with Crippen molar-refractivity contribution < 1.29 is 67.8 Å². The number of aliphatic hydroxyl groups excluding tert-OH is 5. The third kappa shape index (κ3) is 27.2. The molecule has 1 saturated heterocycles. The molecule has 1 aliphatic carbocycles. The van der Waals surface area contributed by atoms with E-state index in [1.807, 2.05) is 18.2 Å². The van der Waals surface area contributed by atoms with Crippen LogP contribution in [0, 0.1) is 0 Å². The molecule has 8 unspecified atom stereocenters. The Labute approximate surface area is 383 Å². The van der Waals surface area contributed by atoms with Crippen LogP contribution in [0.1, 0.15) is 168 Å². The van der Waals surface area contributed by atoms with Crippen molar-refractivity contribution in [2.24, 2.45) is 0 Å². The molecule has 0 aromatic heterocycles. The van der Waals surface area contributed by atoms with Gasteiger partial charge in [-0.2, -0.15) is 0 Å². The first-order valence-electron chi connectivity index (χ1n) is 24.2. The minimum absolute atomic E-state index is 0.0324. The minimum atomic E-state index is -5.14. The minimum Gasteiger partial charge on any atom is -0.462 e. The second kappa shape index (κ2) is 35.7. The quantitative estimate of drug-likeness (QED) is 0.0112. The monoisotopic (exact) mass is 927 g/mol. The maximum Gasteiger partial charge on any atom is 0.472 e. The van der Waals surface area contributed by atoms with E-state index < -0.39 is 75.7 Å². The number of rotatable bonds is 38. The van der Waals surface area contributed by atoms with Gasteiger partial charge in [-0.1, -0.05) is 164 Å². The van der Waals surface area contributed by atoms with Gasteiger partial charge in [0.1, 0.15) is 43.2 Å². The van der Waals surface area contributed by atoms with Crippen LogP contribution in [0.15, 0.2) is 60.8 Å². The fraction of sp³-hybridized carbons (Fsp3) is 0.755. The van der Waals surface area contributed by atoms with Crippen molar-refractivity contribution in [1.29, 1.82) is 0 Å². The second-order valence-electron chi connectivity index (χ2n) is 17.0. The lowest BCUT2D eigenvalue weighted by Crippen LogP contribution is -2.64. The standard InChI is InChI=1S/C49H83O14P/c1-3-5-7-8-9-10-11-12-13-14-18-21-24-27-31-35-42(50)59-37-39(38-60-64(57,58)63-49-47(55)45(53)44(52)46(54)48(49)56)61-43(51)36-32-28-25-22-19-16-15-17-20-23-26-30-34-41-40(62-41)33-29-6-4-2/h6,16-17,19-20,25-26,28-30,39-41,44-49,52-56H,3-5,7-15,18,21-24,27,31-38H2,1-2H3,(H,57,58). The largest absolute Gasteiger partial charge is 0.472 e. The van der Waals surface area contributed by atoms with Gasteiger partial charge in [-0.25, -0.2) is 4.57 Å². The average Bonchev–Trinajstić information content (AvgIpc) is 4.03. The number of carbonyl (C=O) groups excluding carboxylic acids is 2. The van der Waals surface area contributed by atoms with Crippen LogP contribution in [0.5, 0.6) is 0 Å². The molecule has 2 aliphatic rings. The summed E-state index contributed by atoms with van der Waals surface area (Å²) in [7, 11) is -5.14. The number of allylic oxidation sites excluding steroid dienone is 8. The van der Waals surface area contributed by atoms with Gasteiger partial charge in [0.25, 0.3) is 0 Å². The van der Waals surface area contributed by atoms with E-state index in [0.717, 1.165) is 51.4 Å². The van der Waals surface area contributed by atoms with Crippen LogP contribution in [0.2, 0.25) is 0 Å². The van der Waals surface area contributed by atoms with E-state index in [1.54, 1.807) is 0 Å². The van der Waals surface area contributed by atoms with E-state index in [2.05, 4.69) is 56.4 Å². The third-order valence-electron chi connectivity index (χ3n) is 11.3. The number of phosphoric ester groups is 1. The summed E-state index contributed by atoms with van der Waals surface area (Å²) < 4.78 is 39.2. The molecule has 1 saturated carbocycles. The van der Waals surface area contributed by atoms with Crippen LogP contribution in [-0.4, -0.2) is 111 Å². The molecular weight excluding hydrogens is 843 g/mol. The number of esters is 2. The van der Waals surface area contributed by atoms with Crippen LogP contribution >= 0.6 is 7.82 Å². The molecule has 0 amide bonds. The molecule has 0 bridgehead atoms. The summed E-state index contributed by atoms with van der Waals surface area (Å²) >= 11 is 0. The first kappa shape index (κ1) is 57.6. The summed E-state index contributed by atoms with van der Waals surface area (Å²) in [5, 5.41) is 50.2. The predicted molar refractivity (Wildman–Crippen MR) is 248 cm³/mol. The SMILES string of the molecule is CCC=CCC1OC1CC=CCC=CCC=CCC=CCCC(=O)OC(COC(=O)CCCCCCCCCCCCCCCCC)COP(=O)(O)OC1C(O)C(O)C(O)C(O)C1O. The molecule has 2 fully saturated rings. The molecule has 8 atom stereocenters. The Morgan fingerprint density at radius 3 is 1.53 bits per heavy atom. The average molecular weight is 927 g/mol. The first-order chi connectivity index (χ1) is 30.9. The molecule has 0 aromatic rings. The Balaban J connectivity index is 1.72. The van der Waals surface area contributed by atoms with Gasteiger partial charge in [-0.05, 0) is 51.4 Å². The van der Waals surface area contributed by atoms with Gasteiger partial charge in [0.2, 0.25) is 0 Å². The highest BCUT2D eigenvalue weighted by atomic mass is 31.2. The number of hydrogen-bond donors (Lipinski definition) is 6. The zero-order valence-corrected chi connectivity index (χ0v) is 39.6. The van der Waals surface area contributed by atoms with E-state index >= 15 is 0 Å². The highest BCUT2D eigenvalue weighted by molar-refractivity contribution is 7.47. The summed E-state index contributed by atoms with van der Waals surface area (Å²) in [6.45, 7) is 3.12. The van der Waals surface area contributed by atoms with Crippen molar-refractivity contribution >= 4 is 19.8 Å². The van der Waals surface area contributed by atoms with Crippen LogP contribution in [0.25, 0.3) is 0 Å². The van der Waals surface area contributed by atoms with Crippen LogP contribution in [0.4, 0.5) is 0 Å². The third-order valence-corrected chi connectivity index (χ3v) is 12.3. The van der Waals surface area contributed by atoms with Crippen LogP contribution < -0.4 is 0 Å². The Hall–Kier alpha value is -2.49. The Morgan fingerprint density at radius 1 is 0.562 bits per heavy atom. The van der Waals surface area contributed by atoms with Crippen molar-refractivity contribution in [2.45, 2.75) is 223 Å². The van der Waals surface area contributed by atoms with E-state index in [9.17, 15) is 44.6 Å². The number of phosphoric acid groups is 1. The van der Waals surface area contributed by atoms with Gasteiger partial charge in [-0.15, -0.1) is 0 Å². The van der Waals surface area contributed by atoms with Crippen molar-refractivity contribution in [1.82, 2.24) is 0 Å². The number of unbranched alkanes of at least 4 members (excludes halogenated alkanes) is 14. The lowest BCUT2D eigenvalue weighted by Gasteiger charge is -2.41. The molecule has 368 valence electrons. The second-order valence-corrected chi connectivity index (χ2v) is 18.4. The summed E-state index contributed by atoms with van der Waals surface area (Å²) in [6, 6.07) is 0. The molecule has 1 heterocycles. The lowest BCUT2D eigenvalue weighted by atomic mass is 9.85. The Morgan fingerprint density at radius 2 is 1.02 bits per heavy atom. The van der Waals surface area contributed by atoms with E-state index in [-0.39, 0.29) is 12.8 Å². The molecule has 15 heteroatoms. The van der Waals surface area contributed by atoms with Crippen molar-refractivity contribution in [2.75, 3.05) is 13.2 Å². The molecule has 0 radical (unpaired) electrons. The molecule has 64 heavy (non-hydrogen) atoms. The van der Waals surface area contributed by atoms with Gasteiger partial charge in [0.15, 0.2) is 6.10 Å². The Bertz CT molecular complexity index is 1420. The van der Waals surface area contributed by atoms with E-state index in [1.165, 1.54) is 70.6 Å². The van der Waals surface area contributed by atoms with Gasteiger partial charge in [-0.3, -0.25) is 18.6 Å². The van der Waals surface area contributed by atoms with E-state index in [4.69, 9.17) is 23.3 Å². The fourth-order valence-electron chi connectivity index (χ4n) is 7.30. The summed E-state index contributed by atoms with van der Waals surface area (Å²) in [6.07, 6.45) is 31.8. The molecule has 14 nitrogen and oxygen atoms in total. The molecule has 0 spiro atoms. The first-order valence-corrected chi connectivity index (χ1v) is 25.7. The maximum absolute atomic E-state index is 12.8. The van der Waals surface area contributed by atoms with E-state index in [0.29, 0.717) is 31.5 Å². The number of epoxide rings is 1. The topological polar surface area (TPSA) is 222 Å². The van der Waals surface area contributed by atoms with Gasteiger partial charge in [0.05, 0.1) is 18.8 Å². The zero-order chi connectivity index (χ0) is 46.8. The smallest absolute Gasteiger partial charge is 0.462 e. The molecule has 6 N–H and O–H groups in total. The maximum atomic E-state index is 12.8. The number of aliphatic hydroxyl groups is 5. The fourth-order valence-corrected chi connectivity index (χ4v) is 8.27. The van der Waals surface area contributed by atoms with Crippen LogP contribution in [-0.2, 0) is 37.4 Å². The van der Waals surface area contributed by atoms with Gasteiger partial charge < -0.3 is 44.6 Å².